The minimum Gasteiger partial charge on any atom is -0.544 e. The molecule has 8 nitrogen and oxygen atoms in total. The topological polar surface area (TPSA) is 102 Å². The van der Waals surface area contributed by atoms with Gasteiger partial charge in [-0.2, -0.15) is 0 Å². The molecule has 0 aliphatic carbocycles. The second kappa shape index (κ2) is 41.8. The molecule has 0 radical (unpaired) electrons. The van der Waals surface area contributed by atoms with Crippen LogP contribution in [0.25, 0.3) is 0 Å². The molecule has 0 fully saturated rings. The second-order valence-corrected chi connectivity index (χ2v) is 17.0. The van der Waals surface area contributed by atoms with Gasteiger partial charge in [0.05, 0.1) is 40.3 Å². The summed E-state index contributed by atoms with van der Waals surface area (Å²) in [5, 5.41) is 11.6. The van der Waals surface area contributed by atoms with Gasteiger partial charge in [0.15, 0.2) is 6.10 Å². The number of carbonyl (C=O) groups excluding carboxylic acids is 3. The molecule has 0 spiro atoms. The molecule has 2 unspecified atom stereocenters. The second-order valence-electron chi connectivity index (χ2n) is 17.0. The molecule has 0 aliphatic heterocycles. The van der Waals surface area contributed by atoms with Crippen LogP contribution in [0.4, 0.5) is 0 Å². The van der Waals surface area contributed by atoms with E-state index in [0.717, 1.165) is 51.4 Å². The van der Waals surface area contributed by atoms with E-state index in [1.165, 1.54) is 103 Å². The first kappa shape index (κ1) is 56.0. The third-order valence-corrected chi connectivity index (χ3v) is 10.4. The van der Waals surface area contributed by atoms with Crippen LogP contribution in [-0.4, -0.2) is 75.5 Å². The molecule has 0 N–H and O–H groups in total. The Morgan fingerprint density at radius 3 is 1.42 bits per heavy atom. The van der Waals surface area contributed by atoms with Gasteiger partial charge in [-0.3, -0.25) is 9.59 Å². The summed E-state index contributed by atoms with van der Waals surface area (Å²) < 4.78 is 17.1. The summed E-state index contributed by atoms with van der Waals surface area (Å²) in [5.41, 5.74) is 0. The van der Waals surface area contributed by atoms with Crippen molar-refractivity contribution in [2.45, 2.75) is 206 Å². The summed E-state index contributed by atoms with van der Waals surface area (Å²) in [6, 6.07) is -0.737. The zero-order valence-electron chi connectivity index (χ0n) is 38.7. The van der Waals surface area contributed by atoms with Gasteiger partial charge in [-0.25, -0.2) is 0 Å². The fourth-order valence-electron chi connectivity index (χ4n) is 6.66. The Morgan fingerprint density at radius 2 is 0.932 bits per heavy atom. The number of allylic oxidation sites excluding steroid dienone is 10. The van der Waals surface area contributed by atoms with Crippen LogP contribution in [0, 0.1) is 0 Å². The van der Waals surface area contributed by atoms with Crippen LogP contribution < -0.4 is 5.11 Å². The lowest BCUT2D eigenvalue weighted by Crippen LogP contribution is -2.55. The minimum atomic E-state index is -1.13. The maximum atomic E-state index is 12.7. The van der Waals surface area contributed by atoms with E-state index < -0.39 is 18.1 Å². The Labute approximate surface area is 362 Å². The number of quaternary nitrogens is 1. The van der Waals surface area contributed by atoms with Gasteiger partial charge in [-0.1, -0.05) is 164 Å². The average molecular weight is 828 g/mol. The number of likely N-dealkylation sites (N-methyl/N-ethyl adjacent to an activating group) is 1. The first-order valence-electron chi connectivity index (χ1n) is 23.8. The molecule has 8 heteroatoms. The van der Waals surface area contributed by atoms with E-state index in [1.807, 2.05) is 6.08 Å². The molecule has 0 aromatic rings. The molecule has 0 aromatic carbocycles. The number of rotatable bonds is 42. The van der Waals surface area contributed by atoms with Gasteiger partial charge >= 0.3 is 11.9 Å². The zero-order chi connectivity index (χ0) is 43.5. The van der Waals surface area contributed by atoms with Crippen molar-refractivity contribution in [3.8, 4) is 0 Å². The largest absolute Gasteiger partial charge is 0.544 e. The number of aliphatic carboxylic acids is 1. The molecular weight excluding hydrogens is 739 g/mol. The highest BCUT2D eigenvalue weighted by molar-refractivity contribution is 5.70. The van der Waals surface area contributed by atoms with Gasteiger partial charge in [0, 0.05) is 19.3 Å². The number of esters is 2. The number of carboxylic acid groups (broad SMARTS) is 1. The maximum Gasteiger partial charge on any atom is 0.306 e. The highest BCUT2D eigenvalue weighted by Gasteiger charge is 2.25. The number of nitrogens with zero attached hydrogens (tertiary/aromatic N) is 1. The average Bonchev–Trinajstić information content (AvgIpc) is 3.19. The van der Waals surface area contributed by atoms with Crippen molar-refractivity contribution < 1.29 is 38.2 Å². The molecule has 340 valence electrons. The normalized spacial score (nSPS) is 13.4. The lowest BCUT2D eigenvalue weighted by Gasteiger charge is -2.34. The van der Waals surface area contributed by atoms with E-state index in [0.29, 0.717) is 12.8 Å². The summed E-state index contributed by atoms with van der Waals surface area (Å²) in [6.07, 6.45) is 51.2. The first-order valence-corrected chi connectivity index (χ1v) is 23.8. The molecule has 0 heterocycles. The van der Waals surface area contributed by atoms with Crippen molar-refractivity contribution in [1.29, 1.82) is 0 Å². The van der Waals surface area contributed by atoms with Crippen LogP contribution in [0.5, 0.6) is 0 Å². The number of carboxylic acids is 1. The van der Waals surface area contributed by atoms with Gasteiger partial charge < -0.3 is 28.6 Å². The van der Waals surface area contributed by atoms with Gasteiger partial charge in [0.2, 0.25) is 0 Å². The van der Waals surface area contributed by atoms with E-state index in [-0.39, 0.29) is 49.1 Å². The molecule has 59 heavy (non-hydrogen) atoms. The summed E-state index contributed by atoms with van der Waals surface area (Å²) in [6.45, 7) is 4.56. The molecule has 0 amide bonds. The third kappa shape index (κ3) is 40.2. The maximum absolute atomic E-state index is 12.7. The fourth-order valence-corrected chi connectivity index (χ4v) is 6.66. The summed E-state index contributed by atoms with van der Waals surface area (Å²) in [4.78, 5) is 36.9. The fraction of sp³-hybridized carbons (Fsp3) is 0.745. The van der Waals surface area contributed by atoms with Crippen molar-refractivity contribution in [1.82, 2.24) is 0 Å². The van der Waals surface area contributed by atoms with Crippen molar-refractivity contribution in [3.05, 3.63) is 60.8 Å². The van der Waals surface area contributed by atoms with Gasteiger partial charge in [-0.05, 0) is 70.6 Å². The SMILES string of the molecule is CCCCC/C=C/C/C=C/C/C=C/CCCCCCCCCCCC(=O)OCC(COCCC(C(=O)[O-])[N+](C)(C)C)OC(=O)CC/C=C/C/C=C/CCCCCCCC. The summed E-state index contributed by atoms with van der Waals surface area (Å²) in [5.74, 6) is -1.83. The molecule has 0 aliphatic rings. The quantitative estimate of drug-likeness (QED) is 0.0261. The van der Waals surface area contributed by atoms with Crippen molar-refractivity contribution in [2.24, 2.45) is 0 Å². The van der Waals surface area contributed by atoms with Gasteiger partial charge in [0.25, 0.3) is 0 Å². The van der Waals surface area contributed by atoms with E-state index in [4.69, 9.17) is 14.2 Å². The highest BCUT2D eigenvalue weighted by atomic mass is 16.6. The van der Waals surface area contributed by atoms with Crippen molar-refractivity contribution in [2.75, 3.05) is 41.0 Å². The molecule has 0 saturated carbocycles. The van der Waals surface area contributed by atoms with Crippen LogP contribution >= 0.6 is 0 Å². The zero-order valence-corrected chi connectivity index (χ0v) is 38.7. The third-order valence-electron chi connectivity index (χ3n) is 10.4. The summed E-state index contributed by atoms with van der Waals surface area (Å²) in [7, 11) is 5.39. The van der Waals surface area contributed by atoms with Crippen LogP contribution in [0.1, 0.15) is 194 Å². The molecule has 0 bridgehead atoms. The summed E-state index contributed by atoms with van der Waals surface area (Å²) >= 11 is 0. The van der Waals surface area contributed by atoms with E-state index in [1.54, 1.807) is 21.1 Å². The lowest BCUT2D eigenvalue weighted by molar-refractivity contribution is -0.889. The molecule has 2 atom stereocenters. The number of carbonyl (C=O) groups is 3. The lowest BCUT2D eigenvalue weighted by atomic mass is 10.1. The minimum absolute atomic E-state index is 0.0149. The van der Waals surface area contributed by atoms with E-state index in [2.05, 4.69) is 68.5 Å². The molecule has 0 saturated heterocycles. The number of unbranched alkanes of at least 4 members (excludes halogenated alkanes) is 18. The Balaban J connectivity index is 4.31. The monoisotopic (exact) mass is 828 g/mol. The van der Waals surface area contributed by atoms with Crippen LogP contribution in [0.2, 0.25) is 0 Å². The smallest absolute Gasteiger partial charge is 0.306 e. The van der Waals surface area contributed by atoms with Gasteiger partial charge in [-0.15, -0.1) is 0 Å². The van der Waals surface area contributed by atoms with Gasteiger partial charge in [0.1, 0.15) is 12.6 Å². The predicted octanol–water partition coefficient (Wildman–Crippen LogP) is 12.0. The Morgan fingerprint density at radius 1 is 0.508 bits per heavy atom. The predicted molar refractivity (Wildman–Crippen MR) is 245 cm³/mol. The Hall–Kier alpha value is -2.97. The number of ether oxygens (including phenoxy) is 3. The van der Waals surface area contributed by atoms with Crippen LogP contribution in [0.15, 0.2) is 60.8 Å². The van der Waals surface area contributed by atoms with E-state index >= 15 is 0 Å². The van der Waals surface area contributed by atoms with Crippen LogP contribution in [-0.2, 0) is 28.6 Å². The van der Waals surface area contributed by atoms with E-state index in [9.17, 15) is 19.5 Å². The molecule has 0 rings (SSSR count). The molecular formula is C51H89NO7. The number of hydrogen-bond donors (Lipinski definition) is 0. The van der Waals surface area contributed by atoms with Crippen molar-refractivity contribution >= 4 is 17.9 Å². The van der Waals surface area contributed by atoms with Crippen LogP contribution in [0.3, 0.4) is 0 Å². The number of hydrogen-bond acceptors (Lipinski definition) is 7. The Kier molecular flexibility index (Phi) is 39.6. The highest BCUT2D eigenvalue weighted by Crippen LogP contribution is 2.13. The van der Waals surface area contributed by atoms with Crippen molar-refractivity contribution in [3.63, 3.8) is 0 Å². The Bertz CT molecular complexity index is 1150. The first-order chi connectivity index (χ1) is 28.6. The molecule has 0 aromatic heterocycles. The standard InChI is InChI=1S/C51H89NO7/c1-6-8-10-12-14-16-18-20-21-22-23-24-25-26-27-28-30-31-33-35-37-39-41-49(53)58-46-47(45-57-44-43-48(51(55)56)52(3,4)5)59-50(54)42-40-38-36-34-32-29-19-17-15-13-11-9-7-2/h14,16,20-21,23-24,29,32,36,38,47-48H,6-13,15,17-19,22,25-28,30-31,33-35,37,39-46H2,1-5H3/b16-14+,21-20+,24-23+,32-29+,38-36+.